The summed E-state index contributed by atoms with van der Waals surface area (Å²) in [5.41, 5.74) is 1.23. The molecule has 1 N–H and O–H groups in total. The van der Waals surface area contributed by atoms with Crippen molar-refractivity contribution in [3.8, 4) is 0 Å². The van der Waals surface area contributed by atoms with Crippen molar-refractivity contribution in [2.24, 2.45) is 5.92 Å². The molecule has 2 heterocycles. The minimum Gasteiger partial charge on any atom is -0.342 e. The first-order valence-corrected chi connectivity index (χ1v) is 8.43. The number of hydrogen-bond acceptors (Lipinski definition) is 3. The first-order valence-electron chi connectivity index (χ1n) is 7.44. The maximum atomic E-state index is 12.8. The normalized spacial score (nSPS) is 25.6. The van der Waals surface area contributed by atoms with Crippen LogP contribution in [0.1, 0.15) is 24.3 Å². The molecule has 0 spiro atoms. The van der Waals surface area contributed by atoms with Gasteiger partial charge >= 0.3 is 0 Å². The molecule has 0 bridgehead atoms. The van der Waals surface area contributed by atoms with E-state index in [1.165, 1.54) is 16.9 Å². The van der Waals surface area contributed by atoms with Gasteiger partial charge in [0.15, 0.2) is 0 Å². The largest absolute Gasteiger partial charge is 0.342 e. The zero-order valence-electron chi connectivity index (χ0n) is 12.0. The van der Waals surface area contributed by atoms with E-state index in [2.05, 4.69) is 28.4 Å². The van der Waals surface area contributed by atoms with Crippen LogP contribution in [0.2, 0.25) is 0 Å². The second kappa shape index (κ2) is 6.19. The monoisotopic (exact) mass is 290 g/mol. The van der Waals surface area contributed by atoms with Crippen LogP contribution in [-0.4, -0.2) is 43.2 Å². The van der Waals surface area contributed by atoms with E-state index in [-0.39, 0.29) is 5.92 Å². The maximum Gasteiger partial charge on any atom is 0.231 e. The maximum absolute atomic E-state index is 12.8. The molecule has 1 fully saturated rings. The SMILES string of the molecule is CNCC1CCCN(C(=O)C2CSc3ccccc32)C1. The molecule has 0 aliphatic carbocycles. The number of nitrogens with one attached hydrogen (secondary N) is 1. The quantitative estimate of drug-likeness (QED) is 0.927. The van der Waals surface area contributed by atoms with Crippen molar-refractivity contribution >= 4 is 17.7 Å². The Labute approximate surface area is 125 Å². The van der Waals surface area contributed by atoms with Gasteiger partial charge in [0.2, 0.25) is 5.91 Å². The van der Waals surface area contributed by atoms with Crippen molar-refractivity contribution in [3.63, 3.8) is 0 Å². The smallest absolute Gasteiger partial charge is 0.231 e. The number of likely N-dealkylation sites (tertiary alicyclic amines) is 1. The predicted molar refractivity (Wildman–Crippen MR) is 83.1 cm³/mol. The Bertz CT molecular complexity index is 489. The third-order valence-electron chi connectivity index (χ3n) is 4.32. The molecular weight excluding hydrogens is 268 g/mol. The van der Waals surface area contributed by atoms with Gasteiger partial charge in [-0.05, 0) is 44.0 Å². The Balaban J connectivity index is 1.70. The molecule has 2 unspecified atom stereocenters. The van der Waals surface area contributed by atoms with Crippen LogP contribution in [0.3, 0.4) is 0 Å². The van der Waals surface area contributed by atoms with E-state index in [9.17, 15) is 4.79 Å². The van der Waals surface area contributed by atoms with Crippen LogP contribution < -0.4 is 5.32 Å². The number of carbonyl (C=O) groups is 1. The van der Waals surface area contributed by atoms with Gasteiger partial charge in [0.25, 0.3) is 0 Å². The number of benzene rings is 1. The average molecular weight is 290 g/mol. The van der Waals surface area contributed by atoms with Crippen LogP contribution >= 0.6 is 11.8 Å². The fraction of sp³-hybridized carbons (Fsp3) is 0.562. The summed E-state index contributed by atoms with van der Waals surface area (Å²) in [5, 5.41) is 3.24. The van der Waals surface area contributed by atoms with Gasteiger partial charge in [0.05, 0.1) is 5.92 Å². The highest BCUT2D eigenvalue weighted by Gasteiger charge is 2.33. The number of nitrogens with zero attached hydrogens (tertiary/aromatic N) is 1. The fourth-order valence-corrected chi connectivity index (χ4v) is 4.53. The van der Waals surface area contributed by atoms with Gasteiger partial charge in [-0.2, -0.15) is 0 Å². The lowest BCUT2D eigenvalue weighted by atomic mass is 9.94. The van der Waals surface area contributed by atoms with E-state index >= 15 is 0 Å². The molecule has 1 saturated heterocycles. The predicted octanol–water partition coefficient (Wildman–Crippen LogP) is 2.33. The molecule has 2 aliphatic rings. The van der Waals surface area contributed by atoms with Gasteiger partial charge in [0.1, 0.15) is 0 Å². The van der Waals surface area contributed by atoms with E-state index < -0.39 is 0 Å². The van der Waals surface area contributed by atoms with Gasteiger partial charge in [-0.3, -0.25) is 4.79 Å². The number of hydrogen-bond donors (Lipinski definition) is 1. The molecule has 20 heavy (non-hydrogen) atoms. The lowest BCUT2D eigenvalue weighted by Gasteiger charge is -2.34. The minimum absolute atomic E-state index is 0.0736. The van der Waals surface area contributed by atoms with E-state index in [0.717, 1.165) is 31.8 Å². The highest BCUT2D eigenvalue weighted by molar-refractivity contribution is 7.99. The number of piperidine rings is 1. The summed E-state index contributed by atoms with van der Waals surface area (Å²) < 4.78 is 0. The van der Waals surface area contributed by atoms with E-state index in [0.29, 0.717) is 11.8 Å². The highest BCUT2D eigenvalue weighted by Crippen LogP contribution is 2.40. The molecule has 108 valence electrons. The summed E-state index contributed by atoms with van der Waals surface area (Å²) in [6.45, 7) is 2.87. The van der Waals surface area contributed by atoms with E-state index in [4.69, 9.17) is 0 Å². The summed E-state index contributed by atoms with van der Waals surface area (Å²) >= 11 is 1.82. The van der Waals surface area contributed by atoms with Crippen LogP contribution in [0.25, 0.3) is 0 Å². The van der Waals surface area contributed by atoms with Crippen LogP contribution in [0.15, 0.2) is 29.2 Å². The molecule has 3 nitrogen and oxygen atoms in total. The van der Waals surface area contributed by atoms with Gasteiger partial charge in [0, 0.05) is 23.7 Å². The molecule has 4 heteroatoms. The Morgan fingerprint density at radius 1 is 1.45 bits per heavy atom. The Morgan fingerprint density at radius 2 is 2.30 bits per heavy atom. The molecule has 2 aliphatic heterocycles. The molecule has 1 amide bonds. The van der Waals surface area contributed by atoms with E-state index in [1.54, 1.807) is 0 Å². The summed E-state index contributed by atoms with van der Waals surface area (Å²) in [6.07, 6.45) is 2.38. The molecule has 1 aromatic carbocycles. The highest BCUT2D eigenvalue weighted by atomic mass is 32.2. The number of amides is 1. The van der Waals surface area contributed by atoms with Crippen molar-refractivity contribution in [1.29, 1.82) is 0 Å². The zero-order valence-corrected chi connectivity index (χ0v) is 12.8. The Kier molecular flexibility index (Phi) is 4.32. The molecule has 0 aromatic heterocycles. The average Bonchev–Trinajstić information content (AvgIpc) is 2.91. The molecule has 0 saturated carbocycles. The molecule has 2 atom stereocenters. The number of rotatable bonds is 3. The molecule has 3 rings (SSSR count). The standard InChI is InChI=1S/C16H22N2OS/c1-17-9-12-5-4-8-18(10-12)16(19)14-11-20-15-7-3-2-6-13(14)15/h2-3,6-7,12,14,17H,4-5,8-11H2,1H3. The lowest BCUT2D eigenvalue weighted by Crippen LogP contribution is -2.44. The molecular formula is C16H22N2OS. The van der Waals surface area contributed by atoms with Gasteiger partial charge in [-0.1, -0.05) is 18.2 Å². The van der Waals surface area contributed by atoms with Crippen molar-refractivity contribution in [2.45, 2.75) is 23.7 Å². The summed E-state index contributed by atoms with van der Waals surface area (Å²) in [5.74, 6) is 1.93. The summed E-state index contributed by atoms with van der Waals surface area (Å²) in [7, 11) is 1.99. The van der Waals surface area contributed by atoms with Crippen LogP contribution in [0.5, 0.6) is 0 Å². The zero-order chi connectivity index (χ0) is 13.9. The third kappa shape index (κ3) is 2.72. The van der Waals surface area contributed by atoms with Crippen LogP contribution in [0.4, 0.5) is 0 Å². The van der Waals surface area contributed by atoms with Crippen molar-refractivity contribution < 1.29 is 4.79 Å². The van der Waals surface area contributed by atoms with Crippen molar-refractivity contribution in [2.75, 3.05) is 32.4 Å². The van der Waals surface area contributed by atoms with Gasteiger partial charge in [-0.15, -0.1) is 11.8 Å². The number of carbonyl (C=O) groups excluding carboxylic acids is 1. The third-order valence-corrected chi connectivity index (χ3v) is 5.50. The summed E-state index contributed by atoms with van der Waals surface area (Å²) in [4.78, 5) is 16.2. The minimum atomic E-state index is 0.0736. The number of fused-ring (bicyclic) bond motifs is 1. The topological polar surface area (TPSA) is 32.3 Å². The number of thioether (sulfide) groups is 1. The molecule has 1 aromatic rings. The van der Waals surface area contributed by atoms with Gasteiger partial charge in [-0.25, -0.2) is 0 Å². The van der Waals surface area contributed by atoms with Crippen molar-refractivity contribution in [1.82, 2.24) is 10.2 Å². The lowest BCUT2D eigenvalue weighted by molar-refractivity contribution is -0.134. The van der Waals surface area contributed by atoms with Crippen LogP contribution in [-0.2, 0) is 4.79 Å². The Hall–Kier alpha value is -1.00. The second-order valence-corrected chi connectivity index (χ2v) is 6.81. The van der Waals surface area contributed by atoms with Crippen molar-refractivity contribution in [3.05, 3.63) is 29.8 Å². The van der Waals surface area contributed by atoms with Gasteiger partial charge < -0.3 is 10.2 Å². The molecule has 0 radical (unpaired) electrons. The summed E-state index contributed by atoms with van der Waals surface area (Å²) in [6, 6.07) is 8.35. The fourth-order valence-electron chi connectivity index (χ4n) is 3.31. The second-order valence-electron chi connectivity index (χ2n) is 5.75. The van der Waals surface area contributed by atoms with Crippen LogP contribution in [0, 0.1) is 5.92 Å². The Morgan fingerprint density at radius 3 is 3.15 bits per heavy atom. The first kappa shape index (κ1) is 14.0. The van der Waals surface area contributed by atoms with E-state index in [1.807, 2.05) is 24.9 Å². The first-order chi connectivity index (χ1) is 9.79.